The Morgan fingerprint density at radius 3 is 2.53 bits per heavy atom. The fourth-order valence-electron chi connectivity index (χ4n) is 3.86. The first kappa shape index (κ1) is 23.2. The van der Waals surface area contributed by atoms with Crippen LogP contribution in [0.2, 0.25) is 0 Å². The number of hydroxylamine groups is 1. The molecule has 0 aliphatic heterocycles. The molecule has 3 amide bonds. The molecule has 0 bridgehead atoms. The van der Waals surface area contributed by atoms with E-state index in [9.17, 15) is 14.4 Å². The van der Waals surface area contributed by atoms with Crippen molar-refractivity contribution in [3.8, 4) is 11.3 Å². The highest BCUT2D eigenvalue weighted by Gasteiger charge is 2.21. The van der Waals surface area contributed by atoms with E-state index in [1.54, 1.807) is 12.1 Å². The maximum Gasteiger partial charge on any atom is 0.296 e. The molecule has 1 saturated carbocycles. The van der Waals surface area contributed by atoms with E-state index >= 15 is 0 Å². The number of hydrogen-bond acceptors (Lipinski definition) is 8. The van der Waals surface area contributed by atoms with Gasteiger partial charge in [-0.1, -0.05) is 41.7 Å². The summed E-state index contributed by atoms with van der Waals surface area (Å²) in [7, 11) is 0. The monoisotopic (exact) mass is 467 g/mol. The average Bonchev–Trinajstić information content (AvgIpc) is 3.55. The molecule has 11 heteroatoms. The molecule has 3 aromatic rings. The third kappa shape index (κ3) is 5.67. The first-order chi connectivity index (χ1) is 16.5. The van der Waals surface area contributed by atoms with Crippen LogP contribution in [-0.2, 0) is 11.2 Å². The number of hydrogen-bond donors (Lipinski definition) is 4. The zero-order valence-corrected chi connectivity index (χ0v) is 18.4. The minimum atomic E-state index is -0.785. The zero-order valence-electron chi connectivity index (χ0n) is 18.4. The molecule has 1 aliphatic carbocycles. The van der Waals surface area contributed by atoms with Gasteiger partial charge in [0.2, 0.25) is 5.91 Å². The summed E-state index contributed by atoms with van der Waals surface area (Å²) >= 11 is 0. The SMILES string of the molecule is O=C(NO)c1cc(CCNC(=O)c2cc(-c3cccc(NC(=O)C4CCCCC4)c3)on2)on1. The summed E-state index contributed by atoms with van der Waals surface area (Å²) in [5.41, 5.74) is 2.85. The van der Waals surface area contributed by atoms with Gasteiger partial charge in [0, 0.05) is 42.3 Å². The van der Waals surface area contributed by atoms with E-state index in [2.05, 4.69) is 20.9 Å². The fourth-order valence-corrected chi connectivity index (χ4v) is 3.86. The first-order valence-corrected chi connectivity index (χ1v) is 11.1. The summed E-state index contributed by atoms with van der Waals surface area (Å²) in [6.45, 7) is 0.207. The van der Waals surface area contributed by atoms with E-state index in [1.807, 2.05) is 12.1 Å². The second-order valence-corrected chi connectivity index (χ2v) is 8.11. The number of benzene rings is 1. The molecule has 0 spiro atoms. The maximum absolute atomic E-state index is 12.5. The van der Waals surface area contributed by atoms with Crippen LogP contribution in [0, 0.1) is 5.92 Å². The molecule has 0 saturated heterocycles. The van der Waals surface area contributed by atoms with E-state index in [-0.39, 0.29) is 36.2 Å². The summed E-state index contributed by atoms with van der Waals surface area (Å²) in [4.78, 5) is 36.2. The average molecular weight is 467 g/mol. The molecule has 4 rings (SSSR count). The molecule has 11 nitrogen and oxygen atoms in total. The Bertz CT molecular complexity index is 1160. The van der Waals surface area contributed by atoms with Crippen molar-refractivity contribution in [2.24, 2.45) is 5.92 Å². The second-order valence-electron chi connectivity index (χ2n) is 8.11. The Kier molecular flexibility index (Phi) is 7.33. The van der Waals surface area contributed by atoms with E-state index < -0.39 is 11.8 Å². The van der Waals surface area contributed by atoms with Crippen molar-refractivity contribution in [1.29, 1.82) is 0 Å². The van der Waals surface area contributed by atoms with Gasteiger partial charge in [0.25, 0.3) is 11.8 Å². The highest BCUT2D eigenvalue weighted by Crippen LogP contribution is 2.27. The van der Waals surface area contributed by atoms with Crippen LogP contribution >= 0.6 is 0 Å². The highest BCUT2D eigenvalue weighted by atomic mass is 16.5. The maximum atomic E-state index is 12.5. The minimum Gasteiger partial charge on any atom is -0.361 e. The molecule has 1 aliphatic rings. The molecule has 0 unspecified atom stereocenters. The van der Waals surface area contributed by atoms with Gasteiger partial charge in [-0.05, 0) is 25.0 Å². The van der Waals surface area contributed by atoms with Crippen molar-refractivity contribution in [3.63, 3.8) is 0 Å². The number of rotatable bonds is 8. The van der Waals surface area contributed by atoms with Gasteiger partial charge in [0.15, 0.2) is 17.1 Å². The number of carbonyl (C=O) groups is 3. The van der Waals surface area contributed by atoms with Crippen LogP contribution < -0.4 is 16.1 Å². The number of aromatic nitrogens is 2. The van der Waals surface area contributed by atoms with Crippen molar-refractivity contribution in [2.45, 2.75) is 38.5 Å². The van der Waals surface area contributed by atoms with Crippen molar-refractivity contribution < 1.29 is 28.6 Å². The molecule has 0 radical (unpaired) electrons. The Hall–Kier alpha value is -3.99. The first-order valence-electron chi connectivity index (χ1n) is 11.1. The van der Waals surface area contributed by atoms with Gasteiger partial charge in [-0.2, -0.15) is 0 Å². The predicted octanol–water partition coefficient (Wildman–Crippen LogP) is 2.94. The van der Waals surface area contributed by atoms with Crippen molar-refractivity contribution in [2.75, 3.05) is 11.9 Å². The molecule has 1 fully saturated rings. The van der Waals surface area contributed by atoms with Crippen LogP contribution in [0.25, 0.3) is 11.3 Å². The van der Waals surface area contributed by atoms with Crippen LogP contribution in [0.15, 0.2) is 45.4 Å². The topological polar surface area (TPSA) is 160 Å². The van der Waals surface area contributed by atoms with Gasteiger partial charge in [0.1, 0.15) is 5.76 Å². The van der Waals surface area contributed by atoms with Crippen molar-refractivity contribution >= 4 is 23.4 Å². The van der Waals surface area contributed by atoms with Crippen molar-refractivity contribution in [3.05, 3.63) is 53.5 Å². The quantitative estimate of drug-likeness (QED) is 0.291. The largest absolute Gasteiger partial charge is 0.361 e. The summed E-state index contributed by atoms with van der Waals surface area (Å²) in [6.07, 6.45) is 5.47. The van der Waals surface area contributed by atoms with E-state index in [1.165, 1.54) is 24.0 Å². The molecular formula is C23H25N5O6. The lowest BCUT2D eigenvalue weighted by Crippen LogP contribution is -2.25. The second kappa shape index (κ2) is 10.8. The smallest absolute Gasteiger partial charge is 0.296 e. The van der Waals surface area contributed by atoms with Gasteiger partial charge in [0.05, 0.1) is 0 Å². The summed E-state index contributed by atoms with van der Waals surface area (Å²) in [5.74, 6) is -0.379. The van der Waals surface area contributed by atoms with Crippen LogP contribution in [-0.4, -0.2) is 39.8 Å². The number of amides is 3. The van der Waals surface area contributed by atoms with E-state index in [0.717, 1.165) is 25.7 Å². The normalized spacial score (nSPS) is 13.9. The zero-order chi connectivity index (χ0) is 23.9. The molecule has 34 heavy (non-hydrogen) atoms. The number of nitrogens with one attached hydrogen (secondary N) is 3. The Morgan fingerprint density at radius 1 is 0.971 bits per heavy atom. The Morgan fingerprint density at radius 2 is 1.74 bits per heavy atom. The fraction of sp³-hybridized carbons (Fsp3) is 0.348. The Balaban J connectivity index is 1.32. The highest BCUT2D eigenvalue weighted by molar-refractivity contribution is 5.94. The number of carbonyl (C=O) groups excluding carboxylic acids is 3. The molecule has 178 valence electrons. The molecule has 0 atom stereocenters. The standard InChI is InChI=1S/C23H25N5O6/c29-21(14-5-2-1-3-6-14)25-16-8-4-7-15(11-16)20-13-19(28-34-20)22(30)24-10-9-17-12-18(27-33-17)23(31)26-32/h4,7-8,11-14,32H,1-3,5-6,9-10H2,(H,24,30)(H,25,29)(H,26,31). The lowest BCUT2D eigenvalue weighted by molar-refractivity contribution is -0.120. The molecule has 2 heterocycles. The molecular weight excluding hydrogens is 442 g/mol. The van der Waals surface area contributed by atoms with Gasteiger partial charge >= 0.3 is 0 Å². The minimum absolute atomic E-state index is 0.0327. The lowest BCUT2D eigenvalue weighted by Gasteiger charge is -2.20. The van der Waals surface area contributed by atoms with Crippen molar-refractivity contribution in [1.82, 2.24) is 21.1 Å². The van der Waals surface area contributed by atoms with Crippen LogP contribution in [0.3, 0.4) is 0 Å². The number of nitrogens with zero attached hydrogens (tertiary/aromatic N) is 2. The van der Waals surface area contributed by atoms with Gasteiger partial charge in [-0.25, -0.2) is 5.48 Å². The van der Waals surface area contributed by atoms with Gasteiger partial charge < -0.3 is 19.7 Å². The van der Waals surface area contributed by atoms with Gasteiger partial charge in [-0.15, -0.1) is 0 Å². The third-order valence-electron chi connectivity index (χ3n) is 5.68. The Labute approximate surface area is 194 Å². The molecule has 4 N–H and O–H groups in total. The predicted molar refractivity (Wildman–Crippen MR) is 119 cm³/mol. The summed E-state index contributed by atoms with van der Waals surface area (Å²) in [5, 5.41) is 21.6. The summed E-state index contributed by atoms with van der Waals surface area (Å²) in [6, 6.07) is 10.1. The van der Waals surface area contributed by atoms with Crippen LogP contribution in [0.4, 0.5) is 5.69 Å². The van der Waals surface area contributed by atoms with E-state index in [0.29, 0.717) is 22.8 Å². The van der Waals surface area contributed by atoms with E-state index in [4.69, 9.17) is 14.3 Å². The van der Waals surface area contributed by atoms with Gasteiger partial charge in [-0.3, -0.25) is 19.6 Å². The van der Waals surface area contributed by atoms with Crippen LogP contribution in [0.5, 0.6) is 0 Å². The lowest BCUT2D eigenvalue weighted by atomic mass is 9.88. The van der Waals surface area contributed by atoms with Crippen LogP contribution in [0.1, 0.15) is 58.8 Å². The third-order valence-corrected chi connectivity index (χ3v) is 5.68. The number of anilines is 1. The summed E-state index contributed by atoms with van der Waals surface area (Å²) < 4.78 is 10.3. The molecule has 2 aromatic heterocycles. The molecule has 1 aromatic carbocycles.